The van der Waals surface area contributed by atoms with Crippen LogP contribution in [0.25, 0.3) is 26.2 Å². The molecule has 4 rings (SSSR count). The molecule has 5 heteroatoms. The van der Waals surface area contributed by atoms with Gasteiger partial charge in [0, 0.05) is 20.5 Å². The molecule has 0 saturated carbocycles. The van der Waals surface area contributed by atoms with E-state index in [4.69, 9.17) is 0 Å². The number of hydrogen-bond donors (Lipinski definition) is 1. The second-order valence-corrected chi connectivity index (χ2v) is 11.4. The molecule has 0 bridgehead atoms. The molecule has 1 aliphatic rings. The van der Waals surface area contributed by atoms with Crippen molar-refractivity contribution in [3.05, 3.63) is 39.1 Å². The number of imide groups is 1. The van der Waals surface area contributed by atoms with Crippen LogP contribution < -0.4 is 5.32 Å². The van der Waals surface area contributed by atoms with Crippen molar-refractivity contribution in [2.75, 3.05) is 0 Å². The quantitative estimate of drug-likeness (QED) is 0.486. The number of carbonyl (C=O) groups excluding carboxylic acids is 2. The molecule has 0 radical (unpaired) electrons. The molecule has 3 nitrogen and oxygen atoms in total. The summed E-state index contributed by atoms with van der Waals surface area (Å²) in [6.45, 7) is 13.0. The Morgan fingerprint density at radius 2 is 1.41 bits per heavy atom. The molecule has 140 valence electrons. The first-order valence-corrected chi connectivity index (χ1v) is 10.7. The Morgan fingerprint density at radius 3 is 1.96 bits per heavy atom. The van der Waals surface area contributed by atoms with Crippen LogP contribution in [-0.4, -0.2) is 11.8 Å². The molecule has 0 aliphatic carbocycles. The van der Waals surface area contributed by atoms with E-state index in [1.165, 1.54) is 4.88 Å². The molecule has 0 fully saturated rings. The van der Waals surface area contributed by atoms with E-state index < -0.39 is 0 Å². The van der Waals surface area contributed by atoms with Crippen molar-refractivity contribution in [1.82, 2.24) is 5.32 Å². The molecule has 0 spiro atoms. The average Bonchev–Trinajstić information content (AvgIpc) is 3.18. The number of allylic oxidation sites excluding steroid dienone is 1. The lowest BCUT2D eigenvalue weighted by atomic mass is 9.93. The first-order valence-electron chi connectivity index (χ1n) is 9.04. The Bertz CT molecular complexity index is 1150. The van der Waals surface area contributed by atoms with Crippen LogP contribution in [0, 0.1) is 5.41 Å². The Morgan fingerprint density at radius 1 is 0.852 bits per heavy atom. The summed E-state index contributed by atoms with van der Waals surface area (Å²) in [6.07, 6.45) is 4.30. The van der Waals surface area contributed by atoms with Crippen LogP contribution in [0.3, 0.4) is 0 Å². The number of benzene rings is 1. The van der Waals surface area contributed by atoms with Gasteiger partial charge in [0.25, 0.3) is 11.8 Å². The number of amides is 2. The van der Waals surface area contributed by atoms with Gasteiger partial charge in [-0.05, 0) is 29.0 Å². The van der Waals surface area contributed by atoms with Crippen LogP contribution in [0.1, 0.15) is 72.0 Å². The summed E-state index contributed by atoms with van der Waals surface area (Å²) >= 11 is 3.43. The molecule has 1 aromatic carbocycles. The Hall–Kier alpha value is -1.98. The molecule has 1 aliphatic heterocycles. The Kier molecular flexibility index (Phi) is 3.92. The van der Waals surface area contributed by atoms with E-state index in [1.807, 2.05) is 0 Å². The molecule has 0 unspecified atom stereocenters. The zero-order chi connectivity index (χ0) is 19.7. The number of nitrogens with one attached hydrogen (secondary N) is 1. The van der Waals surface area contributed by atoms with Gasteiger partial charge in [0.2, 0.25) is 0 Å². The molecule has 1 N–H and O–H groups in total. The number of fused-ring (bicyclic) bond motifs is 6. The molecule has 27 heavy (non-hydrogen) atoms. The summed E-state index contributed by atoms with van der Waals surface area (Å²) in [5, 5.41) is 4.29. The van der Waals surface area contributed by atoms with Crippen LogP contribution in [-0.2, 0) is 5.41 Å². The standard InChI is InChI=1S/C22H23NO2S2/c1-21(2,3)8-7-11-9-12-15-16(20(25)23-19(15)24)13-10-14(22(4,5)6)27-18(13)17(12)26-11/h7-10H,1-6H3,(H,23,24,25)/b8-7+. The maximum Gasteiger partial charge on any atom is 0.259 e. The lowest BCUT2D eigenvalue weighted by Crippen LogP contribution is -2.20. The van der Waals surface area contributed by atoms with Crippen molar-refractivity contribution >= 4 is 60.7 Å². The van der Waals surface area contributed by atoms with Gasteiger partial charge in [0.1, 0.15) is 0 Å². The smallest absolute Gasteiger partial charge is 0.259 e. The highest BCUT2D eigenvalue weighted by Crippen LogP contribution is 2.46. The third-order valence-electron chi connectivity index (χ3n) is 4.65. The van der Waals surface area contributed by atoms with E-state index in [-0.39, 0.29) is 22.6 Å². The second kappa shape index (κ2) is 5.76. The van der Waals surface area contributed by atoms with Crippen molar-refractivity contribution < 1.29 is 9.59 Å². The molecule has 3 heterocycles. The van der Waals surface area contributed by atoms with E-state index in [9.17, 15) is 9.59 Å². The third kappa shape index (κ3) is 3.03. The number of rotatable bonds is 1. The molecular formula is C22H23NO2S2. The number of thiophene rings is 2. The van der Waals surface area contributed by atoms with Gasteiger partial charge in [0.05, 0.1) is 20.5 Å². The minimum absolute atomic E-state index is 0.00574. The molecule has 0 atom stereocenters. The SMILES string of the molecule is CC(C)(C)/C=C/c1cc2c3c(c4cc(C(C)(C)C)sc4c2s1)C(=O)NC3=O. The summed E-state index contributed by atoms with van der Waals surface area (Å²) in [7, 11) is 0. The summed E-state index contributed by atoms with van der Waals surface area (Å²) in [5.74, 6) is -0.562. The molecule has 2 amide bonds. The summed E-state index contributed by atoms with van der Waals surface area (Å²) < 4.78 is 2.21. The summed E-state index contributed by atoms with van der Waals surface area (Å²) in [5.41, 5.74) is 1.16. The van der Waals surface area contributed by atoms with E-state index in [2.05, 4.69) is 71.1 Å². The lowest BCUT2D eigenvalue weighted by Gasteiger charge is -2.14. The van der Waals surface area contributed by atoms with Gasteiger partial charge in [-0.2, -0.15) is 0 Å². The molecule has 0 saturated heterocycles. The van der Waals surface area contributed by atoms with Crippen LogP contribution in [0.15, 0.2) is 18.2 Å². The van der Waals surface area contributed by atoms with Crippen molar-refractivity contribution in [1.29, 1.82) is 0 Å². The van der Waals surface area contributed by atoms with Gasteiger partial charge in [-0.3, -0.25) is 14.9 Å². The van der Waals surface area contributed by atoms with E-state index in [0.29, 0.717) is 11.1 Å². The van der Waals surface area contributed by atoms with Crippen LogP contribution >= 0.6 is 22.7 Å². The molecule has 3 aromatic rings. The van der Waals surface area contributed by atoms with Gasteiger partial charge in [0.15, 0.2) is 0 Å². The zero-order valence-corrected chi connectivity index (χ0v) is 18.1. The largest absolute Gasteiger partial charge is 0.288 e. The zero-order valence-electron chi connectivity index (χ0n) is 16.4. The van der Waals surface area contributed by atoms with E-state index in [0.717, 1.165) is 25.0 Å². The predicted molar refractivity (Wildman–Crippen MR) is 116 cm³/mol. The second-order valence-electron chi connectivity index (χ2n) is 9.23. The highest BCUT2D eigenvalue weighted by atomic mass is 32.1. The average molecular weight is 398 g/mol. The lowest BCUT2D eigenvalue weighted by molar-refractivity contribution is 0.0880. The van der Waals surface area contributed by atoms with Crippen LogP contribution in [0.2, 0.25) is 0 Å². The first kappa shape index (κ1) is 18.4. The van der Waals surface area contributed by atoms with Gasteiger partial charge < -0.3 is 0 Å². The van der Waals surface area contributed by atoms with Crippen molar-refractivity contribution in [3.8, 4) is 0 Å². The predicted octanol–water partition coefficient (Wildman–Crippen LogP) is 6.36. The van der Waals surface area contributed by atoms with Gasteiger partial charge in [-0.15, -0.1) is 22.7 Å². The molecular weight excluding hydrogens is 374 g/mol. The highest BCUT2D eigenvalue weighted by molar-refractivity contribution is 7.27. The first-order chi connectivity index (χ1) is 12.5. The van der Waals surface area contributed by atoms with E-state index >= 15 is 0 Å². The fourth-order valence-corrected chi connectivity index (χ4v) is 5.71. The fourth-order valence-electron chi connectivity index (χ4n) is 3.26. The third-order valence-corrected chi connectivity index (χ3v) is 7.47. The van der Waals surface area contributed by atoms with Crippen molar-refractivity contribution in [3.63, 3.8) is 0 Å². The van der Waals surface area contributed by atoms with Crippen LogP contribution in [0.5, 0.6) is 0 Å². The van der Waals surface area contributed by atoms with Crippen molar-refractivity contribution in [2.24, 2.45) is 5.41 Å². The normalized spacial score (nSPS) is 15.3. The topological polar surface area (TPSA) is 46.2 Å². The summed E-state index contributed by atoms with van der Waals surface area (Å²) in [4.78, 5) is 27.4. The monoisotopic (exact) mass is 397 g/mol. The molecule has 2 aromatic heterocycles. The van der Waals surface area contributed by atoms with E-state index in [1.54, 1.807) is 22.7 Å². The van der Waals surface area contributed by atoms with Crippen LogP contribution in [0.4, 0.5) is 0 Å². The maximum atomic E-state index is 12.5. The maximum absolute atomic E-state index is 12.5. The minimum atomic E-state index is -0.283. The Labute approximate surface area is 167 Å². The Balaban J connectivity index is 2.08. The minimum Gasteiger partial charge on any atom is -0.288 e. The van der Waals surface area contributed by atoms with Gasteiger partial charge in [-0.25, -0.2) is 0 Å². The van der Waals surface area contributed by atoms with Gasteiger partial charge in [-0.1, -0.05) is 47.6 Å². The fraction of sp³-hybridized carbons (Fsp3) is 0.364. The number of carbonyl (C=O) groups is 2. The summed E-state index contributed by atoms with van der Waals surface area (Å²) in [6, 6.07) is 4.15. The van der Waals surface area contributed by atoms with Gasteiger partial charge >= 0.3 is 0 Å². The number of hydrogen-bond acceptors (Lipinski definition) is 4. The van der Waals surface area contributed by atoms with Crippen molar-refractivity contribution in [2.45, 2.75) is 47.0 Å². The highest BCUT2D eigenvalue weighted by Gasteiger charge is 2.34.